The molecule has 0 aliphatic heterocycles. The summed E-state index contributed by atoms with van der Waals surface area (Å²) in [5.41, 5.74) is 4.63. The van der Waals surface area contributed by atoms with Crippen molar-refractivity contribution in [1.82, 2.24) is 5.32 Å². The molecule has 4 aromatic rings. The van der Waals surface area contributed by atoms with E-state index >= 15 is 0 Å². The number of rotatable bonds is 14. The highest BCUT2D eigenvalue weighted by Gasteiger charge is 2.16. The van der Waals surface area contributed by atoms with E-state index in [4.69, 9.17) is 19.0 Å². The van der Waals surface area contributed by atoms with Gasteiger partial charge in [0, 0.05) is 11.6 Å². The van der Waals surface area contributed by atoms with Crippen LogP contribution in [0.2, 0.25) is 0 Å². The number of hydrogen-bond acceptors (Lipinski definition) is 7. The van der Waals surface area contributed by atoms with Gasteiger partial charge in [-0.3, -0.25) is 4.79 Å². The fourth-order valence-corrected chi connectivity index (χ4v) is 4.05. The number of esters is 1. The quantitative estimate of drug-likeness (QED) is 0.119. The van der Waals surface area contributed by atoms with Gasteiger partial charge in [-0.25, -0.2) is 0 Å². The number of benzene rings is 4. The van der Waals surface area contributed by atoms with E-state index in [1.54, 1.807) is 0 Å². The summed E-state index contributed by atoms with van der Waals surface area (Å²) in [5, 5.41) is 7.29. The molecule has 0 aliphatic rings. The van der Waals surface area contributed by atoms with Crippen LogP contribution in [-0.4, -0.2) is 32.4 Å². The Balaban J connectivity index is 1.24. The van der Waals surface area contributed by atoms with E-state index in [1.807, 2.05) is 116 Å². The van der Waals surface area contributed by atoms with E-state index in [2.05, 4.69) is 10.5 Å². The highest BCUT2D eigenvalue weighted by atomic mass is 16.6. The molecule has 0 spiro atoms. The summed E-state index contributed by atoms with van der Waals surface area (Å²) in [4.78, 5) is 17.3. The van der Waals surface area contributed by atoms with Crippen molar-refractivity contribution < 1.29 is 23.8 Å². The maximum Gasteiger partial charge on any atom is 0.308 e. The van der Waals surface area contributed by atoms with Crippen molar-refractivity contribution >= 4 is 11.7 Å². The summed E-state index contributed by atoms with van der Waals surface area (Å²) in [6, 6.07) is 34.8. The first-order valence-corrected chi connectivity index (χ1v) is 13.1. The average molecular weight is 539 g/mol. The summed E-state index contributed by atoms with van der Waals surface area (Å²) in [6.45, 7) is 0.979. The number of ether oxygens (including phenoxy) is 3. The van der Waals surface area contributed by atoms with Gasteiger partial charge in [-0.1, -0.05) is 90.1 Å². The molecule has 0 bridgehead atoms. The van der Waals surface area contributed by atoms with Crippen LogP contribution in [0.25, 0.3) is 0 Å². The zero-order valence-electron chi connectivity index (χ0n) is 22.8. The minimum Gasteiger partial charge on any atom is -0.489 e. The van der Waals surface area contributed by atoms with Crippen molar-refractivity contribution in [3.8, 4) is 11.5 Å². The Kier molecular flexibility index (Phi) is 10.7. The van der Waals surface area contributed by atoms with Crippen LogP contribution < -0.4 is 14.8 Å². The molecule has 4 rings (SSSR count). The Hall–Kier alpha value is -4.62. The Morgan fingerprint density at radius 2 is 1.35 bits per heavy atom. The smallest absolute Gasteiger partial charge is 0.308 e. The van der Waals surface area contributed by atoms with Crippen molar-refractivity contribution in [2.24, 2.45) is 5.16 Å². The van der Waals surface area contributed by atoms with Crippen LogP contribution in [0.1, 0.15) is 34.7 Å². The Bertz CT molecular complexity index is 1340. The first kappa shape index (κ1) is 28.4. The van der Waals surface area contributed by atoms with Gasteiger partial charge in [0.25, 0.3) is 0 Å². The van der Waals surface area contributed by atoms with E-state index < -0.39 is 0 Å². The monoisotopic (exact) mass is 538 g/mol. The first-order chi connectivity index (χ1) is 19.6. The normalized spacial score (nSPS) is 11.9. The third-order valence-electron chi connectivity index (χ3n) is 6.26. The molecular formula is C33H34N2O5. The summed E-state index contributed by atoms with van der Waals surface area (Å²) < 4.78 is 17.3. The maximum absolute atomic E-state index is 12.4. The van der Waals surface area contributed by atoms with Crippen LogP contribution in [0.15, 0.2) is 114 Å². The van der Waals surface area contributed by atoms with Gasteiger partial charge in [-0.2, -0.15) is 0 Å². The Morgan fingerprint density at radius 1 is 0.750 bits per heavy atom. The molecule has 0 heterocycles. The molecule has 4 aromatic carbocycles. The van der Waals surface area contributed by atoms with E-state index in [0.29, 0.717) is 18.9 Å². The fourth-order valence-electron chi connectivity index (χ4n) is 4.05. The molecule has 0 radical (unpaired) electrons. The van der Waals surface area contributed by atoms with Gasteiger partial charge in [0.1, 0.15) is 44.1 Å². The third-order valence-corrected chi connectivity index (χ3v) is 6.26. The predicted molar refractivity (Wildman–Crippen MR) is 155 cm³/mol. The number of carbonyl (C=O) groups is 1. The van der Waals surface area contributed by atoms with Crippen LogP contribution in [0.4, 0.5) is 0 Å². The van der Waals surface area contributed by atoms with Crippen LogP contribution in [0.3, 0.4) is 0 Å². The van der Waals surface area contributed by atoms with Gasteiger partial charge in [0.2, 0.25) is 0 Å². The molecule has 206 valence electrons. The van der Waals surface area contributed by atoms with E-state index in [0.717, 1.165) is 33.8 Å². The molecule has 7 nitrogen and oxygen atoms in total. The lowest BCUT2D eigenvalue weighted by molar-refractivity contribution is -0.145. The fraction of sp³-hybridized carbons (Fsp3) is 0.212. The van der Waals surface area contributed by atoms with Crippen LogP contribution in [0.5, 0.6) is 11.5 Å². The number of oxime groups is 1. The van der Waals surface area contributed by atoms with Crippen LogP contribution >= 0.6 is 0 Å². The van der Waals surface area contributed by atoms with Crippen LogP contribution in [0, 0.1) is 0 Å². The molecule has 0 fully saturated rings. The van der Waals surface area contributed by atoms with Gasteiger partial charge < -0.3 is 24.4 Å². The van der Waals surface area contributed by atoms with Gasteiger partial charge in [0.05, 0.1) is 6.42 Å². The highest BCUT2D eigenvalue weighted by molar-refractivity contribution is 6.01. The molecule has 0 aromatic heterocycles. The van der Waals surface area contributed by atoms with E-state index in [-0.39, 0.29) is 25.0 Å². The molecule has 0 aliphatic carbocycles. The molecule has 1 atom stereocenters. The number of nitrogens with zero attached hydrogens (tertiary/aromatic N) is 1. The summed E-state index contributed by atoms with van der Waals surface area (Å²) in [5.74, 6) is 1.22. The van der Waals surface area contributed by atoms with Crippen LogP contribution in [-0.2, 0) is 27.6 Å². The lowest BCUT2D eigenvalue weighted by Crippen LogP contribution is -2.21. The first-order valence-electron chi connectivity index (χ1n) is 13.1. The van der Waals surface area contributed by atoms with Crippen molar-refractivity contribution in [2.75, 3.05) is 20.8 Å². The van der Waals surface area contributed by atoms with Crippen molar-refractivity contribution in [3.05, 3.63) is 131 Å². The number of nitrogens with one attached hydrogen (secondary N) is 1. The zero-order valence-corrected chi connectivity index (χ0v) is 22.8. The molecule has 1 unspecified atom stereocenters. The van der Waals surface area contributed by atoms with Gasteiger partial charge >= 0.3 is 5.97 Å². The SMILES string of the molecule is CNC(CC(=O)OCc1ccccc1)c1ccc(OCc2ccc(OCC(=NOC)c3ccccc3)cc2)cc1. The molecular weight excluding hydrogens is 504 g/mol. The van der Waals surface area contributed by atoms with Gasteiger partial charge in [-0.05, 0) is 48.0 Å². The lowest BCUT2D eigenvalue weighted by atomic mass is 10.0. The van der Waals surface area contributed by atoms with Gasteiger partial charge in [-0.15, -0.1) is 0 Å². The second kappa shape index (κ2) is 15.1. The Labute approximate surface area is 235 Å². The molecule has 40 heavy (non-hydrogen) atoms. The van der Waals surface area contributed by atoms with Crippen molar-refractivity contribution in [2.45, 2.75) is 25.7 Å². The number of hydrogen-bond donors (Lipinski definition) is 1. The summed E-state index contributed by atoms with van der Waals surface area (Å²) in [6.07, 6.45) is 0.238. The average Bonchev–Trinajstić information content (AvgIpc) is 3.01. The second-order valence-electron chi connectivity index (χ2n) is 9.07. The Morgan fingerprint density at radius 3 is 2.00 bits per heavy atom. The molecule has 0 saturated heterocycles. The minimum atomic E-state index is -0.252. The highest BCUT2D eigenvalue weighted by Crippen LogP contribution is 2.22. The van der Waals surface area contributed by atoms with Crippen molar-refractivity contribution in [1.29, 1.82) is 0 Å². The van der Waals surface area contributed by atoms with E-state index in [9.17, 15) is 4.79 Å². The lowest BCUT2D eigenvalue weighted by Gasteiger charge is -2.17. The predicted octanol–water partition coefficient (Wildman–Crippen LogP) is 6.09. The molecule has 1 N–H and O–H groups in total. The summed E-state index contributed by atoms with van der Waals surface area (Å²) >= 11 is 0. The standard InChI is InChI=1S/C33H34N2O5/c1-34-31(21-33(36)40-23-25-9-5-3-6-10-25)28-15-19-30(20-16-28)38-22-26-13-17-29(18-14-26)39-24-32(35-37-2)27-11-7-4-8-12-27/h3-20,31,34H,21-24H2,1-2H3. The van der Waals surface area contributed by atoms with Gasteiger partial charge in [0.15, 0.2) is 0 Å². The van der Waals surface area contributed by atoms with Crippen molar-refractivity contribution in [3.63, 3.8) is 0 Å². The zero-order chi connectivity index (χ0) is 28.0. The summed E-state index contributed by atoms with van der Waals surface area (Å²) in [7, 11) is 3.36. The minimum absolute atomic E-state index is 0.152. The topological polar surface area (TPSA) is 78.4 Å². The molecule has 0 saturated carbocycles. The molecule has 7 heteroatoms. The second-order valence-corrected chi connectivity index (χ2v) is 9.07. The third kappa shape index (κ3) is 8.71. The van der Waals surface area contributed by atoms with E-state index in [1.165, 1.54) is 7.11 Å². The molecule has 0 amide bonds. The number of carbonyl (C=O) groups excluding carboxylic acids is 1. The largest absolute Gasteiger partial charge is 0.489 e. The maximum atomic E-state index is 12.4.